The number of halogens is 1. The number of ether oxygens (including phenoxy) is 1. The number of hydrogen-bond donors (Lipinski definition) is 1. The largest absolute Gasteiger partial charge is 0.507 e. The van der Waals surface area contributed by atoms with Crippen LogP contribution in [0.2, 0.25) is 0 Å². The van der Waals surface area contributed by atoms with Crippen LogP contribution in [0.3, 0.4) is 0 Å². The minimum absolute atomic E-state index is 0.0346. The number of Topliss-reactive ketones (excluding diaryl/α,β-unsaturated/α-hetero) is 1. The van der Waals surface area contributed by atoms with E-state index in [0.717, 1.165) is 11.8 Å². The Morgan fingerprint density at radius 1 is 1.53 bits per heavy atom. The third kappa shape index (κ3) is 4.02. The second-order valence-corrected chi connectivity index (χ2v) is 4.67. The highest BCUT2D eigenvalue weighted by Crippen LogP contribution is 2.28. The molecule has 0 amide bonds. The summed E-state index contributed by atoms with van der Waals surface area (Å²) in [7, 11) is 1.61. The zero-order chi connectivity index (χ0) is 12.8. The predicted molar refractivity (Wildman–Crippen MR) is 66.1 cm³/mol. The number of benzene rings is 1. The standard InChI is InChI=1S/C12H15FO3S/c1-8(14)11-6-10(13)5-9(12(11)15)7-17-4-3-16-2/h5-6,15H,3-4,7H2,1-2H3. The molecule has 0 heterocycles. The van der Waals surface area contributed by atoms with E-state index >= 15 is 0 Å². The van der Waals surface area contributed by atoms with Crippen molar-refractivity contribution in [2.45, 2.75) is 12.7 Å². The van der Waals surface area contributed by atoms with Crippen LogP contribution >= 0.6 is 11.8 Å². The molecule has 0 saturated carbocycles. The highest BCUT2D eigenvalue weighted by molar-refractivity contribution is 7.98. The fourth-order valence-corrected chi connectivity index (χ4v) is 2.23. The van der Waals surface area contributed by atoms with E-state index in [1.54, 1.807) is 7.11 Å². The van der Waals surface area contributed by atoms with Gasteiger partial charge in [-0.3, -0.25) is 4.79 Å². The maximum Gasteiger partial charge on any atom is 0.163 e. The molecule has 1 aromatic carbocycles. The van der Waals surface area contributed by atoms with Crippen LogP contribution in [0.5, 0.6) is 5.75 Å². The summed E-state index contributed by atoms with van der Waals surface area (Å²) in [6, 6.07) is 2.31. The smallest absolute Gasteiger partial charge is 0.163 e. The zero-order valence-corrected chi connectivity index (χ0v) is 10.6. The summed E-state index contributed by atoms with van der Waals surface area (Å²) in [5.74, 6) is 0.235. The molecule has 1 N–H and O–H groups in total. The number of methoxy groups -OCH3 is 1. The minimum Gasteiger partial charge on any atom is -0.507 e. The normalized spacial score (nSPS) is 10.5. The Morgan fingerprint density at radius 2 is 2.24 bits per heavy atom. The fraction of sp³-hybridized carbons (Fsp3) is 0.417. The first-order valence-corrected chi connectivity index (χ1v) is 6.30. The van der Waals surface area contributed by atoms with Gasteiger partial charge in [0, 0.05) is 24.2 Å². The van der Waals surface area contributed by atoms with Crippen molar-refractivity contribution >= 4 is 17.5 Å². The Hall–Kier alpha value is -1.07. The summed E-state index contributed by atoms with van der Waals surface area (Å²) in [6.07, 6.45) is 0. The van der Waals surface area contributed by atoms with Crippen molar-refractivity contribution in [1.82, 2.24) is 0 Å². The van der Waals surface area contributed by atoms with Gasteiger partial charge in [-0.2, -0.15) is 11.8 Å². The molecular formula is C12H15FO3S. The van der Waals surface area contributed by atoms with Gasteiger partial charge in [-0.1, -0.05) is 0 Å². The molecule has 1 aromatic rings. The Bertz CT molecular complexity index is 407. The maximum absolute atomic E-state index is 13.2. The second kappa shape index (κ2) is 6.61. The molecule has 0 aliphatic heterocycles. The van der Waals surface area contributed by atoms with Crippen LogP contribution in [0.25, 0.3) is 0 Å². The van der Waals surface area contributed by atoms with Gasteiger partial charge < -0.3 is 9.84 Å². The molecule has 94 valence electrons. The van der Waals surface area contributed by atoms with Crippen molar-refractivity contribution in [2.75, 3.05) is 19.5 Å². The summed E-state index contributed by atoms with van der Waals surface area (Å²) in [4.78, 5) is 11.2. The lowest BCUT2D eigenvalue weighted by atomic mass is 10.1. The van der Waals surface area contributed by atoms with Crippen LogP contribution in [0, 0.1) is 5.82 Å². The Balaban J connectivity index is 2.81. The van der Waals surface area contributed by atoms with Crippen LogP contribution in [-0.4, -0.2) is 30.4 Å². The number of rotatable bonds is 6. The van der Waals surface area contributed by atoms with Crippen LogP contribution in [0.15, 0.2) is 12.1 Å². The van der Waals surface area contributed by atoms with E-state index in [1.807, 2.05) is 0 Å². The first-order chi connectivity index (χ1) is 8.06. The number of carbonyl (C=O) groups excluding carboxylic acids is 1. The molecular weight excluding hydrogens is 243 g/mol. The van der Waals surface area contributed by atoms with Gasteiger partial charge in [-0.25, -0.2) is 4.39 Å². The number of phenols is 1. The quantitative estimate of drug-likeness (QED) is 0.629. The number of thioether (sulfide) groups is 1. The molecule has 0 bridgehead atoms. The van der Waals surface area contributed by atoms with Gasteiger partial charge >= 0.3 is 0 Å². The Labute approximate surface area is 104 Å². The molecule has 0 aliphatic rings. The van der Waals surface area contributed by atoms with Crippen LogP contribution in [0.1, 0.15) is 22.8 Å². The van der Waals surface area contributed by atoms with Crippen LogP contribution in [0.4, 0.5) is 4.39 Å². The van der Waals surface area contributed by atoms with Gasteiger partial charge in [0.2, 0.25) is 0 Å². The molecule has 0 fully saturated rings. The lowest BCUT2D eigenvalue weighted by Crippen LogP contribution is -1.98. The minimum atomic E-state index is -0.504. The van der Waals surface area contributed by atoms with Crippen LogP contribution < -0.4 is 0 Å². The van der Waals surface area contributed by atoms with Crippen molar-refractivity contribution in [3.05, 3.63) is 29.1 Å². The van der Waals surface area contributed by atoms with E-state index < -0.39 is 5.82 Å². The van der Waals surface area contributed by atoms with Crippen molar-refractivity contribution in [3.63, 3.8) is 0 Å². The third-order valence-corrected chi connectivity index (χ3v) is 3.19. The molecule has 0 unspecified atom stereocenters. The van der Waals surface area contributed by atoms with E-state index in [0.29, 0.717) is 17.9 Å². The molecule has 0 aliphatic carbocycles. The predicted octanol–water partition coefficient (Wildman–Crippen LogP) is 2.61. The molecule has 17 heavy (non-hydrogen) atoms. The zero-order valence-electron chi connectivity index (χ0n) is 9.83. The summed E-state index contributed by atoms with van der Waals surface area (Å²) in [5.41, 5.74) is 0.476. The van der Waals surface area contributed by atoms with Gasteiger partial charge in [0.15, 0.2) is 5.78 Å². The van der Waals surface area contributed by atoms with Crippen molar-refractivity contribution in [3.8, 4) is 5.75 Å². The topological polar surface area (TPSA) is 46.5 Å². The first kappa shape index (κ1) is 14.0. The number of ketones is 1. The fourth-order valence-electron chi connectivity index (χ4n) is 1.36. The Kier molecular flexibility index (Phi) is 5.44. The highest BCUT2D eigenvalue weighted by Gasteiger charge is 2.13. The summed E-state index contributed by atoms with van der Waals surface area (Å²) in [5, 5.41) is 9.81. The van der Waals surface area contributed by atoms with E-state index in [9.17, 15) is 14.3 Å². The summed E-state index contributed by atoms with van der Waals surface area (Å²) >= 11 is 1.51. The SMILES string of the molecule is COCCSCc1cc(F)cc(C(C)=O)c1O. The molecule has 0 aromatic heterocycles. The van der Waals surface area contributed by atoms with Gasteiger partial charge in [0.1, 0.15) is 11.6 Å². The molecule has 0 atom stereocenters. The Morgan fingerprint density at radius 3 is 2.82 bits per heavy atom. The number of carbonyl (C=O) groups is 1. The molecule has 3 nitrogen and oxygen atoms in total. The maximum atomic E-state index is 13.2. The second-order valence-electron chi connectivity index (χ2n) is 3.56. The number of hydrogen-bond acceptors (Lipinski definition) is 4. The van der Waals surface area contributed by atoms with E-state index in [-0.39, 0.29) is 17.1 Å². The third-order valence-electron chi connectivity index (χ3n) is 2.22. The lowest BCUT2D eigenvalue weighted by Gasteiger charge is -2.08. The average Bonchev–Trinajstić information content (AvgIpc) is 2.28. The van der Waals surface area contributed by atoms with Gasteiger partial charge in [0.25, 0.3) is 0 Å². The summed E-state index contributed by atoms with van der Waals surface area (Å²) in [6.45, 7) is 1.90. The average molecular weight is 258 g/mol. The lowest BCUT2D eigenvalue weighted by molar-refractivity contribution is 0.101. The van der Waals surface area contributed by atoms with Gasteiger partial charge in [-0.05, 0) is 19.1 Å². The molecule has 0 spiro atoms. The van der Waals surface area contributed by atoms with Crippen molar-refractivity contribution in [1.29, 1.82) is 0 Å². The molecule has 0 radical (unpaired) electrons. The molecule has 5 heteroatoms. The first-order valence-electron chi connectivity index (χ1n) is 5.15. The monoisotopic (exact) mass is 258 g/mol. The summed E-state index contributed by atoms with van der Waals surface area (Å²) < 4.78 is 18.1. The molecule has 0 saturated heterocycles. The number of aromatic hydroxyl groups is 1. The van der Waals surface area contributed by atoms with E-state index in [1.165, 1.54) is 24.8 Å². The molecule has 1 rings (SSSR count). The van der Waals surface area contributed by atoms with E-state index in [2.05, 4.69) is 0 Å². The van der Waals surface area contributed by atoms with Crippen LogP contribution in [-0.2, 0) is 10.5 Å². The van der Waals surface area contributed by atoms with Crippen molar-refractivity contribution < 1.29 is 19.0 Å². The van der Waals surface area contributed by atoms with Gasteiger partial charge in [0.05, 0.1) is 12.2 Å². The van der Waals surface area contributed by atoms with Gasteiger partial charge in [-0.15, -0.1) is 0 Å². The van der Waals surface area contributed by atoms with E-state index in [4.69, 9.17) is 4.74 Å². The van der Waals surface area contributed by atoms with Crippen molar-refractivity contribution in [2.24, 2.45) is 0 Å². The number of phenolic OH excluding ortho intramolecular Hbond substituents is 1. The highest BCUT2D eigenvalue weighted by atomic mass is 32.2.